The molecule has 0 aliphatic heterocycles. The predicted molar refractivity (Wildman–Crippen MR) is 69.4 cm³/mol. The third-order valence-electron chi connectivity index (χ3n) is 1.69. The molecule has 0 aliphatic rings. The average molecular weight is 280 g/mol. The number of thioether (sulfide) groups is 1. The summed E-state index contributed by atoms with van der Waals surface area (Å²) >= 11 is 4.65. The Labute approximate surface area is 111 Å². The lowest BCUT2D eigenvalue weighted by molar-refractivity contribution is 0.952. The highest BCUT2D eigenvalue weighted by molar-refractivity contribution is 8.03. The average Bonchev–Trinajstić information content (AvgIpc) is 2.77. The van der Waals surface area contributed by atoms with E-state index in [9.17, 15) is 0 Å². The number of aromatic nitrogens is 3. The Kier molecular flexibility index (Phi) is 4.36. The molecular formula is C10H8N4S3. The molecule has 0 spiro atoms. The molecule has 4 nitrogen and oxygen atoms in total. The van der Waals surface area contributed by atoms with Gasteiger partial charge in [-0.1, -0.05) is 36.1 Å². The van der Waals surface area contributed by atoms with Crippen molar-refractivity contribution in [2.75, 3.05) is 5.75 Å². The van der Waals surface area contributed by atoms with E-state index in [2.05, 4.69) is 22.1 Å². The largest absolute Gasteiger partial charge is 0.230 e. The molecule has 2 heterocycles. The Hall–Kier alpha value is -1.10. The van der Waals surface area contributed by atoms with Gasteiger partial charge in [-0.15, -0.1) is 10.2 Å². The zero-order valence-electron chi connectivity index (χ0n) is 8.95. The minimum absolute atomic E-state index is 0.419. The van der Waals surface area contributed by atoms with Crippen LogP contribution in [-0.2, 0) is 0 Å². The summed E-state index contributed by atoms with van der Waals surface area (Å²) in [5.41, 5.74) is 0.419. The van der Waals surface area contributed by atoms with E-state index in [1.807, 2.05) is 18.2 Å². The quantitative estimate of drug-likeness (QED) is 0.802. The highest BCUT2D eigenvalue weighted by Crippen LogP contribution is 2.32. The first-order valence-corrected chi connectivity index (χ1v) is 7.45. The third kappa shape index (κ3) is 3.43. The van der Waals surface area contributed by atoms with Crippen molar-refractivity contribution in [2.24, 2.45) is 0 Å². The van der Waals surface area contributed by atoms with Crippen LogP contribution in [0.25, 0.3) is 0 Å². The minimum Gasteiger partial charge on any atom is -0.230 e. The molecule has 2 aromatic heterocycles. The van der Waals surface area contributed by atoms with Gasteiger partial charge in [0.2, 0.25) is 0 Å². The molecule has 0 radical (unpaired) electrons. The normalized spacial score (nSPS) is 10.1. The minimum atomic E-state index is 0.419. The Morgan fingerprint density at radius 1 is 1.35 bits per heavy atom. The van der Waals surface area contributed by atoms with E-state index < -0.39 is 0 Å². The topological polar surface area (TPSA) is 62.5 Å². The first-order chi connectivity index (χ1) is 8.31. The van der Waals surface area contributed by atoms with Gasteiger partial charge >= 0.3 is 0 Å². The Morgan fingerprint density at radius 2 is 2.18 bits per heavy atom. The molecule has 0 atom stereocenters. The SMILES string of the molecule is CCSc1nnc(Sc2cccc(C#N)n2)s1. The fourth-order valence-corrected chi connectivity index (χ4v) is 3.90. The van der Waals surface area contributed by atoms with Gasteiger partial charge in [0.05, 0.1) is 0 Å². The summed E-state index contributed by atoms with van der Waals surface area (Å²) in [5.74, 6) is 0.988. The number of hydrogen-bond donors (Lipinski definition) is 0. The van der Waals surface area contributed by atoms with Crippen molar-refractivity contribution in [3.8, 4) is 6.07 Å². The second-order valence-corrected chi connectivity index (χ2v) is 6.60. The maximum absolute atomic E-state index is 8.75. The molecule has 2 aromatic rings. The van der Waals surface area contributed by atoms with Crippen LogP contribution in [0.5, 0.6) is 0 Å². The van der Waals surface area contributed by atoms with Crippen molar-refractivity contribution in [2.45, 2.75) is 20.6 Å². The summed E-state index contributed by atoms with van der Waals surface area (Å²) in [4.78, 5) is 4.18. The molecule has 0 saturated heterocycles. The molecule has 17 heavy (non-hydrogen) atoms. The molecule has 2 rings (SSSR count). The van der Waals surface area contributed by atoms with Crippen molar-refractivity contribution in [3.63, 3.8) is 0 Å². The second-order valence-electron chi connectivity index (χ2n) is 2.84. The first kappa shape index (κ1) is 12.4. The van der Waals surface area contributed by atoms with Gasteiger partial charge in [-0.2, -0.15) is 5.26 Å². The Bertz CT molecular complexity index is 546. The van der Waals surface area contributed by atoms with Crippen LogP contribution in [0.15, 0.2) is 31.9 Å². The van der Waals surface area contributed by atoms with Crippen molar-refractivity contribution in [1.82, 2.24) is 15.2 Å². The summed E-state index contributed by atoms with van der Waals surface area (Å²) in [7, 11) is 0. The summed E-state index contributed by atoms with van der Waals surface area (Å²) in [6.07, 6.45) is 0. The number of pyridine rings is 1. The molecule has 0 amide bonds. The summed E-state index contributed by atoms with van der Waals surface area (Å²) in [6.45, 7) is 2.08. The van der Waals surface area contributed by atoms with Crippen LogP contribution in [0, 0.1) is 11.3 Å². The molecule has 0 fully saturated rings. The predicted octanol–water partition coefficient (Wildman–Crippen LogP) is 3.07. The number of rotatable bonds is 4. The molecule has 7 heteroatoms. The van der Waals surface area contributed by atoms with Gasteiger partial charge < -0.3 is 0 Å². The van der Waals surface area contributed by atoms with E-state index >= 15 is 0 Å². The van der Waals surface area contributed by atoms with E-state index in [-0.39, 0.29) is 0 Å². The van der Waals surface area contributed by atoms with Gasteiger partial charge in [0.25, 0.3) is 0 Å². The van der Waals surface area contributed by atoms with Gasteiger partial charge in [-0.25, -0.2) is 4.98 Å². The Balaban J connectivity index is 2.11. The zero-order chi connectivity index (χ0) is 12.1. The molecule has 86 valence electrons. The van der Waals surface area contributed by atoms with Crippen LogP contribution in [-0.4, -0.2) is 20.9 Å². The zero-order valence-corrected chi connectivity index (χ0v) is 11.4. The van der Waals surface area contributed by atoms with Gasteiger partial charge in [-0.05, 0) is 29.6 Å². The maximum atomic E-state index is 8.75. The molecule has 0 N–H and O–H groups in total. The van der Waals surface area contributed by atoms with Crippen LogP contribution in [0.2, 0.25) is 0 Å². The van der Waals surface area contributed by atoms with Crippen LogP contribution in [0.1, 0.15) is 12.6 Å². The van der Waals surface area contributed by atoms with Gasteiger partial charge in [0.15, 0.2) is 8.68 Å². The summed E-state index contributed by atoms with van der Waals surface area (Å²) < 4.78 is 1.81. The van der Waals surface area contributed by atoms with Crippen molar-refractivity contribution in [3.05, 3.63) is 23.9 Å². The van der Waals surface area contributed by atoms with E-state index in [0.717, 1.165) is 19.5 Å². The van der Waals surface area contributed by atoms with Crippen LogP contribution in [0.3, 0.4) is 0 Å². The summed E-state index contributed by atoms with van der Waals surface area (Å²) in [6, 6.07) is 7.38. The van der Waals surface area contributed by atoms with Crippen molar-refractivity contribution in [1.29, 1.82) is 5.26 Å². The van der Waals surface area contributed by atoms with Crippen LogP contribution >= 0.6 is 34.9 Å². The molecular weight excluding hydrogens is 272 g/mol. The van der Waals surface area contributed by atoms with E-state index in [4.69, 9.17) is 5.26 Å². The van der Waals surface area contributed by atoms with Crippen LogP contribution < -0.4 is 0 Å². The van der Waals surface area contributed by atoms with E-state index in [0.29, 0.717) is 5.69 Å². The lowest BCUT2D eigenvalue weighted by atomic mass is 10.4. The van der Waals surface area contributed by atoms with E-state index in [1.165, 1.54) is 11.8 Å². The van der Waals surface area contributed by atoms with Crippen LogP contribution in [0.4, 0.5) is 0 Å². The maximum Gasteiger partial charge on any atom is 0.181 e. The highest BCUT2D eigenvalue weighted by atomic mass is 32.2. The first-order valence-electron chi connectivity index (χ1n) is 4.83. The lowest BCUT2D eigenvalue weighted by Crippen LogP contribution is -1.84. The Morgan fingerprint density at radius 3 is 2.94 bits per heavy atom. The monoisotopic (exact) mass is 280 g/mol. The smallest absolute Gasteiger partial charge is 0.181 e. The molecule has 0 saturated carbocycles. The van der Waals surface area contributed by atoms with Crippen molar-refractivity contribution >= 4 is 34.9 Å². The molecule has 0 aliphatic carbocycles. The fourth-order valence-electron chi connectivity index (χ4n) is 1.04. The second kappa shape index (κ2) is 6.00. The third-order valence-corrected chi connectivity index (χ3v) is 4.61. The van der Waals surface area contributed by atoms with Gasteiger partial charge in [-0.3, -0.25) is 0 Å². The molecule has 0 aromatic carbocycles. The number of hydrogen-bond acceptors (Lipinski definition) is 7. The van der Waals surface area contributed by atoms with E-state index in [1.54, 1.807) is 29.2 Å². The molecule has 0 bridgehead atoms. The highest BCUT2D eigenvalue weighted by Gasteiger charge is 2.07. The van der Waals surface area contributed by atoms with Gasteiger partial charge in [0, 0.05) is 0 Å². The number of nitriles is 1. The number of nitrogens with zero attached hydrogens (tertiary/aromatic N) is 4. The molecule has 0 unspecified atom stereocenters. The fraction of sp³-hybridized carbons (Fsp3) is 0.200. The van der Waals surface area contributed by atoms with Crippen molar-refractivity contribution < 1.29 is 0 Å². The lowest BCUT2D eigenvalue weighted by Gasteiger charge is -1.95. The standard InChI is InChI=1S/C10H8N4S3/c1-2-15-9-13-14-10(17-9)16-8-5-3-4-7(6-11)12-8/h3-5H,2H2,1H3. The van der Waals surface area contributed by atoms with Gasteiger partial charge in [0.1, 0.15) is 16.8 Å². The summed E-state index contributed by atoms with van der Waals surface area (Å²) in [5, 5.41) is 17.7.